The van der Waals surface area contributed by atoms with Crippen molar-refractivity contribution in [2.45, 2.75) is 57.2 Å². The minimum atomic E-state index is -1.02. The third-order valence-corrected chi connectivity index (χ3v) is 6.52. The van der Waals surface area contributed by atoms with Crippen LogP contribution in [0.1, 0.15) is 44.6 Å². The van der Waals surface area contributed by atoms with E-state index in [1.54, 1.807) is 4.90 Å². The number of rotatable bonds is 5. The molecule has 1 aromatic carbocycles. The van der Waals surface area contributed by atoms with Gasteiger partial charge >= 0.3 is 6.03 Å². The molecule has 4 amide bonds. The molecule has 8 nitrogen and oxygen atoms in total. The summed E-state index contributed by atoms with van der Waals surface area (Å²) in [6.45, 7) is 6.94. The summed E-state index contributed by atoms with van der Waals surface area (Å²) in [5.74, 6) is -3.74. The summed E-state index contributed by atoms with van der Waals surface area (Å²) < 4.78 is 29.4. The number of hydrogen-bond donors (Lipinski definition) is 3. The Bertz CT molecular complexity index is 896. The van der Waals surface area contributed by atoms with Gasteiger partial charge in [-0.15, -0.1) is 0 Å². The van der Waals surface area contributed by atoms with Crippen LogP contribution >= 0.6 is 0 Å². The van der Waals surface area contributed by atoms with Gasteiger partial charge in [-0.1, -0.05) is 0 Å². The van der Waals surface area contributed by atoms with Gasteiger partial charge in [0.2, 0.25) is 11.8 Å². The van der Waals surface area contributed by atoms with Gasteiger partial charge in [0.25, 0.3) is 0 Å². The van der Waals surface area contributed by atoms with Crippen LogP contribution in [-0.2, 0) is 9.59 Å². The fourth-order valence-corrected chi connectivity index (χ4v) is 4.62. The maximum Gasteiger partial charge on any atom is 0.315 e. The highest BCUT2D eigenvalue weighted by molar-refractivity contribution is 6.01. The maximum atomic E-state index is 14.7. The van der Waals surface area contributed by atoms with E-state index in [1.165, 1.54) is 12.1 Å². The first-order valence-electron chi connectivity index (χ1n) is 11.1. The van der Waals surface area contributed by atoms with Crippen LogP contribution in [0.5, 0.6) is 0 Å². The van der Waals surface area contributed by atoms with Crippen molar-refractivity contribution in [2.75, 3.05) is 31.1 Å². The van der Waals surface area contributed by atoms with Crippen molar-refractivity contribution in [1.29, 1.82) is 0 Å². The molecule has 3 aliphatic heterocycles. The first-order valence-corrected chi connectivity index (χ1v) is 11.1. The fraction of sp³-hybridized carbons (Fsp3) is 0.591. The number of nitrogens with zero attached hydrogens (tertiary/aromatic N) is 2. The quantitative estimate of drug-likeness (QED) is 0.592. The van der Waals surface area contributed by atoms with Crippen LogP contribution in [0.25, 0.3) is 0 Å². The van der Waals surface area contributed by atoms with E-state index in [4.69, 9.17) is 0 Å². The van der Waals surface area contributed by atoms with Crippen molar-refractivity contribution in [3.63, 3.8) is 0 Å². The summed E-state index contributed by atoms with van der Waals surface area (Å²) in [6, 6.07) is 2.65. The molecule has 0 bridgehead atoms. The molecule has 4 rings (SSSR count). The molecule has 174 valence electrons. The summed E-state index contributed by atoms with van der Waals surface area (Å²) in [5, 5.41) is 8.03. The molecule has 0 aromatic heterocycles. The Morgan fingerprint density at radius 2 is 1.72 bits per heavy atom. The molecule has 3 N–H and O–H groups in total. The molecular formula is C22H29F2N5O3. The monoisotopic (exact) mass is 449 g/mol. The molecule has 0 saturated carbocycles. The summed E-state index contributed by atoms with van der Waals surface area (Å²) in [4.78, 5) is 39.6. The van der Waals surface area contributed by atoms with Crippen LogP contribution < -0.4 is 20.9 Å². The molecule has 10 heteroatoms. The number of imide groups is 1. The van der Waals surface area contributed by atoms with E-state index >= 15 is 0 Å². The van der Waals surface area contributed by atoms with Gasteiger partial charge in [-0.05, 0) is 38.8 Å². The molecule has 3 fully saturated rings. The molecule has 2 atom stereocenters. The molecule has 3 heterocycles. The Morgan fingerprint density at radius 1 is 1.06 bits per heavy atom. The normalized spacial score (nSPS) is 24.5. The van der Waals surface area contributed by atoms with Crippen molar-refractivity contribution in [2.24, 2.45) is 0 Å². The van der Waals surface area contributed by atoms with Gasteiger partial charge in [0.15, 0.2) is 0 Å². The van der Waals surface area contributed by atoms with Crippen molar-refractivity contribution >= 4 is 23.5 Å². The van der Waals surface area contributed by atoms with E-state index in [-0.39, 0.29) is 36.5 Å². The van der Waals surface area contributed by atoms with E-state index in [0.29, 0.717) is 24.8 Å². The summed E-state index contributed by atoms with van der Waals surface area (Å²) in [6.07, 6.45) is 1.05. The molecular weight excluding hydrogens is 420 g/mol. The maximum absolute atomic E-state index is 14.7. The Hall–Kier alpha value is -2.75. The van der Waals surface area contributed by atoms with Gasteiger partial charge < -0.3 is 15.5 Å². The fourth-order valence-electron chi connectivity index (χ4n) is 4.62. The topological polar surface area (TPSA) is 93.8 Å². The van der Waals surface area contributed by atoms with Crippen LogP contribution in [0, 0.1) is 11.6 Å². The zero-order valence-corrected chi connectivity index (χ0v) is 18.3. The SMILES string of the molecule is CC(C)N1CCC(NC(=O)NC2CN(c3cc(F)c([C@H]4CCC(=O)NC4=O)c(F)c3)C2)C1. The van der Waals surface area contributed by atoms with Crippen molar-refractivity contribution < 1.29 is 23.2 Å². The zero-order chi connectivity index (χ0) is 23.0. The van der Waals surface area contributed by atoms with E-state index in [0.717, 1.165) is 19.5 Å². The van der Waals surface area contributed by atoms with Gasteiger partial charge in [-0.2, -0.15) is 0 Å². The Labute approximate surface area is 185 Å². The smallest absolute Gasteiger partial charge is 0.315 e. The highest BCUT2D eigenvalue weighted by Crippen LogP contribution is 2.33. The second-order valence-corrected chi connectivity index (χ2v) is 9.12. The molecule has 1 aromatic rings. The molecule has 0 aliphatic carbocycles. The number of nitrogens with one attached hydrogen (secondary N) is 3. The molecule has 3 aliphatic rings. The number of hydrogen-bond acceptors (Lipinski definition) is 5. The summed E-state index contributed by atoms with van der Waals surface area (Å²) >= 11 is 0. The molecule has 0 spiro atoms. The van der Waals surface area contributed by atoms with Gasteiger partial charge in [0.1, 0.15) is 11.6 Å². The average molecular weight is 450 g/mol. The van der Waals surface area contributed by atoms with Crippen LogP contribution in [0.2, 0.25) is 0 Å². The third-order valence-electron chi connectivity index (χ3n) is 6.52. The van der Waals surface area contributed by atoms with Crippen molar-refractivity contribution in [3.8, 4) is 0 Å². The molecule has 32 heavy (non-hydrogen) atoms. The number of carbonyl (C=O) groups is 3. The summed E-state index contributed by atoms with van der Waals surface area (Å²) in [7, 11) is 0. The largest absolute Gasteiger partial charge is 0.367 e. The Balaban J connectivity index is 1.30. The van der Waals surface area contributed by atoms with Gasteiger partial charge in [-0.25, -0.2) is 13.6 Å². The Kier molecular flexibility index (Phi) is 6.32. The van der Waals surface area contributed by atoms with E-state index < -0.39 is 29.4 Å². The zero-order valence-electron chi connectivity index (χ0n) is 18.3. The minimum Gasteiger partial charge on any atom is -0.367 e. The van der Waals surface area contributed by atoms with Gasteiger partial charge in [-0.3, -0.25) is 19.8 Å². The first-order chi connectivity index (χ1) is 15.2. The third kappa shape index (κ3) is 4.69. The van der Waals surface area contributed by atoms with E-state index in [2.05, 4.69) is 34.7 Å². The number of halogens is 2. The van der Waals surface area contributed by atoms with Crippen LogP contribution in [-0.4, -0.2) is 67.0 Å². The van der Waals surface area contributed by atoms with Crippen LogP contribution in [0.3, 0.4) is 0 Å². The van der Waals surface area contributed by atoms with Gasteiger partial charge in [0, 0.05) is 55.9 Å². The summed E-state index contributed by atoms with van der Waals surface area (Å²) in [5.41, 5.74) is 0.0539. The van der Waals surface area contributed by atoms with E-state index in [1.807, 2.05) is 0 Å². The molecule has 3 saturated heterocycles. The number of anilines is 1. The molecule has 1 unspecified atom stereocenters. The predicted molar refractivity (Wildman–Crippen MR) is 114 cm³/mol. The number of piperidine rings is 1. The number of amides is 4. The Morgan fingerprint density at radius 3 is 2.31 bits per heavy atom. The second kappa shape index (κ2) is 9.01. The lowest BCUT2D eigenvalue weighted by molar-refractivity contribution is -0.134. The standard InChI is InChI=1S/C22H29F2N5O3/c1-12(2)28-6-5-13(9-28)25-22(32)26-14-10-29(11-14)15-7-17(23)20(18(24)8-15)16-3-4-19(30)27-21(16)31/h7-8,12-14,16H,3-6,9-11H2,1-2H3,(H2,25,26,32)(H,27,30,31)/t13?,16-/m1/s1. The van der Waals surface area contributed by atoms with Crippen LogP contribution in [0.15, 0.2) is 12.1 Å². The number of likely N-dealkylation sites (tertiary alicyclic amines) is 1. The highest BCUT2D eigenvalue weighted by Gasteiger charge is 2.35. The van der Waals surface area contributed by atoms with E-state index in [9.17, 15) is 23.2 Å². The number of urea groups is 1. The highest BCUT2D eigenvalue weighted by atomic mass is 19.1. The number of benzene rings is 1. The number of carbonyl (C=O) groups excluding carboxylic acids is 3. The average Bonchev–Trinajstić information content (AvgIpc) is 3.14. The predicted octanol–water partition coefficient (Wildman–Crippen LogP) is 1.46. The lowest BCUT2D eigenvalue weighted by Gasteiger charge is -2.41. The first kappa shape index (κ1) is 22.4. The lowest BCUT2D eigenvalue weighted by Crippen LogP contribution is -2.61. The second-order valence-electron chi connectivity index (χ2n) is 9.12. The van der Waals surface area contributed by atoms with Gasteiger partial charge in [0.05, 0.1) is 12.0 Å². The lowest BCUT2D eigenvalue weighted by atomic mass is 9.89. The van der Waals surface area contributed by atoms with Crippen molar-refractivity contribution in [1.82, 2.24) is 20.9 Å². The van der Waals surface area contributed by atoms with Crippen LogP contribution in [0.4, 0.5) is 19.3 Å². The minimum absolute atomic E-state index is 0.0505. The van der Waals surface area contributed by atoms with Crippen molar-refractivity contribution in [3.05, 3.63) is 29.3 Å². The molecule has 0 radical (unpaired) electrons.